The van der Waals surface area contributed by atoms with E-state index in [4.69, 9.17) is 4.74 Å². The van der Waals surface area contributed by atoms with Crippen molar-refractivity contribution >= 4 is 11.7 Å². The van der Waals surface area contributed by atoms with E-state index in [2.05, 4.69) is 10.1 Å². The van der Waals surface area contributed by atoms with Gasteiger partial charge in [-0.2, -0.15) is 5.10 Å². The average molecular weight is 274 g/mol. The minimum atomic E-state index is -0.483. The highest BCUT2D eigenvalue weighted by molar-refractivity contribution is 5.70. The van der Waals surface area contributed by atoms with Gasteiger partial charge in [-0.05, 0) is 33.3 Å². The number of aryl methyl sites for hydroxylation is 1. The lowest BCUT2D eigenvalue weighted by molar-refractivity contribution is 0.0240. The van der Waals surface area contributed by atoms with E-state index in [1.807, 2.05) is 40.1 Å². The minimum absolute atomic E-state index is 0.305. The van der Waals surface area contributed by atoms with Crippen LogP contribution in [-0.4, -0.2) is 31.2 Å². The van der Waals surface area contributed by atoms with E-state index in [0.717, 1.165) is 22.5 Å². The molecule has 0 aliphatic carbocycles. The van der Waals surface area contributed by atoms with Crippen LogP contribution in [0.4, 0.5) is 4.79 Å². The summed E-state index contributed by atoms with van der Waals surface area (Å²) in [6, 6.07) is 0. The third kappa shape index (κ3) is 2.21. The van der Waals surface area contributed by atoms with Crippen molar-refractivity contribution in [3.8, 4) is 0 Å². The van der Waals surface area contributed by atoms with E-state index < -0.39 is 5.60 Å². The lowest BCUT2D eigenvalue weighted by Crippen LogP contribution is -2.33. The van der Waals surface area contributed by atoms with Crippen LogP contribution < -0.4 is 0 Å². The summed E-state index contributed by atoms with van der Waals surface area (Å²) in [5.74, 6) is 0. The highest BCUT2D eigenvalue weighted by atomic mass is 16.6. The monoisotopic (exact) mass is 274 g/mol. The fraction of sp³-hybridized carbons (Fsp3) is 0.500. The van der Waals surface area contributed by atoms with Crippen molar-refractivity contribution in [2.45, 2.75) is 46.4 Å². The first kappa shape index (κ1) is 12.9. The van der Waals surface area contributed by atoms with Gasteiger partial charge in [0.25, 0.3) is 0 Å². The first-order valence-electron chi connectivity index (χ1n) is 6.64. The third-order valence-electron chi connectivity index (χ3n) is 3.12. The molecule has 0 radical (unpaired) electrons. The summed E-state index contributed by atoms with van der Waals surface area (Å²) in [4.78, 5) is 18.1. The second kappa shape index (κ2) is 4.19. The van der Waals surface area contributed by atoms with Crippen molar-refractivity contribution in [2.75, 3.05) is 0 Å². The molecule has 106 valence electrons. The molecule has 1 aliphatic rings. The van der Waals surface area contributed by atoms with Gasteiger partial charge in [-0.1, -0.05) is 0 Å². The maximum atomic E-state index is 12.1. The largest absolute Gasteiger partial charge is 0.444 e. The number of fused-ring (bicyclic) bond motifs is 3. The Morgan fingerprint density at radius 2 is 2.10 bits per heavy atom. The number of aromatic nitrogens is 3. The maximum Gasteiger partial charge on any atom is 0.410 e. The Morgan fingerprint density at radius 1 is 1.35 bits per heavy atom. The van der Waals surface area contributed by atoms with Gasteiger partial charge in [-0.15, -0.1) is 0 Å². The summed E-state index contributed by atoms with van der Waals surface area (Å²) in [6.45, 7) is 8.55. The standard InChI is InChI=1S/C14H18N4O2/c1-9-5-15-12-10-7-17(13(19)20-14(2,3)4)8-11(10)16-18(12)6-9/h5-6H,7-8H2,1-4H3. The van der Waals surface area contributed by atoms with Gasteiger partial charge in [0.05, 0.1) is 18.8 Å². The Kier molecular flexibility index (Phi) is 2.70. The maximum absolute atomic E-state index is 12.1. The smallest absolute Gasteiger partial charge is 0.410 e. The molecule has 6 nitrogen and oxygen atoms in total. The summed E-state index contributed by atoms with van der Waals surface area (Å²) in [5, 5.41) is 4.49. The van der Waals surface area contributed by atoms with E-state index >= 15 is 0 Å². The molecule has 3 heterocycles. The van der Waals surface area contributed by atoms with Crippen LogP contribution >= 0.6 is 0 Å². The Bertz CT molecular complexity index is 684. The molecule has 0 saturated heterocycles. The van der Waals surface area contributed by atoms with Gasteiger partial charge in [-0.25, -0.2) is 14.3 Å². The molecule has 3 rings (SSSR count). The predicted molar refractivity (Wildman–Crippen MR) is 73.2 cm³/mol. The van der Waals surface area contributed by atoms with Crippen LogP contribution in [0.15, 0.2) is 12.4 Å². The number of ether oxygens (including phenoxy) is 1. The van der Waals surface area contributed by atoms with Crippen molar-refractivity contribution in [3.63, 3.8) is 0 Å². The molecule has 0 bridgehead atoms. The predicted octanol–water partition coefficient (Wildman–Crippen LogP) is 2.29. The van der Waals surface area contributed by atoms with Crippen LogP contribution in [0.2, 0.25) is 0 Å². The number of rotatable bonds is 0. The molecule has 6 heteroatoms. The molecule has 2 aromatic heterocycles. The van der Waals surface area contributed by atoms with E-state index in [-0.39, 0.29) is 6.09 Å². The highest BCUT2D eigenvalue weighted by Crippen LogP contribution is 2.26. The van der Waals surface area contributed by atoms with Crippen molar-refractivity contribution < 1.29 is 9.53 Å². The lowest BCUT2D eigenvalue weighted by Gasteiger charge is -2.24. The molecule has 1 amide bonds. The first-order chi connectivity index (χ1) is 9.33. The molecule has 0 N–H and O–H groups in total. The quantitative estimate of drug-likeness (QED) is 0.739. The van der Waals surface area contributed by atoms with Crippen molar-refractivity contribution in [3.05, 3.63) is 29.2 Å². The summed E-state index contributed by atoms with van der Waals surface area (Å²) in [5.41, 5.74) is 3.30. The molecule has 0 aromatic carbocycles. The third-order valence-corrected chi connectivity index (χ3v) is 3.12. The van der Waals surface area contributed by atoms with Gasteiger partial charge in [0.1, 0.15) is 5.60 Å². The first-order valence-corrected chi connectivity index (χ1v) is 6.64. The van der Waals surface area contributed by atoms with Gasteiger partial charge < -0.3 is 4.74 Å². The van der Waals surface area contributed by atoms with E-state index in [1.54, 1.807) is 9.42 Å². The summed E-state index contributed by atoms with van der Waals surface area (Å²) < 4.78 is 7.17. The number of amides is 1. The second-order valence-electron chi connectivity index (χ2n) is 6.16. The fourth-order valence-electron chi connectivity index (χ4n) is 2.29. The zero-order chi connectivity index (χ0) is 14.5. The van der Waals surface area contributed by atoms with Crippen LogP contribution in [-0.2, 0) is 17.8 Å². The van der Waals surface area contributed by atoms with Crippen molar-refractivity contribution in [2.24, 2.45) is 0 Å². The SMILES string of the molecule is Cc1cnc2c3c(nn2c1)CN(C(=O)OC(C)(C)C)C3. The average Bonchev–Trinajstić information content (AvgIpc) is 2.82. The molecular weight excluding hydrogens is 256 g/mol. The molecular formula is C14H18N4O2. The molecule has 0 atom stereocenters. The van der Waals surface area contributed by atoms with Crippen LogP contribution in [0.3, 0.4) is 0 Å². The molecule has 0 spiro atoms. The fourth-order valence-corrected chi connectivity index (χ4v) is 2.29. The topological polar surface area (TPSA) is 59.7 Å². The number of carbonyl (C=O) groups excluding carboxylic acids is 1. The molecule has 0 saturated carbocycles. The van der Waals surface area contributed by atoms with E-state index in [0.29, 0.717) is 13.1 Å². The summed E-state index contributed by atoms with van der Waals surface area (Å²) in [6.07, 6.45) is 3.45. The zero-order valence-electron chi connectivity index (χ0n) is 12.2. The molecule has 2 aromatic rings. The lowest BCUT2D eigenvalue weighted by atomic mass is 10.2. The minimum Gasteiger partial charge on any atom is -0.444 e. The summed E-state index contributed by atoms with van der Waals surface area (Å²) in [7, 11) is 0. The van der Waals surface area contributed by atoms with Gasteiger partial charge in [0, 0.05) is 18.0 Å². The number of hydrogen-bond acceptors (Lipinski definition) is 4. The van der Waals surface area contributed by atoms with Crippen molar-refractivity contribution in [1.82, 2.24) is 19.5 Å². The number of nitrogens with zero attached hydrogens (tertiary/aromatic N) is 4. The summed E-state index contributed by atoms with van der Waals surface area (Å²) >= 11 is 0. The molecule has 20 heavy (non-hydrogen) atoms. The molecule has 1 aliphatic heterocycles. The van der Waals surface area contributed by atoms with Crippen LogP contribution in [0.1, 0.15) is 37.6 Å². The highest BCUT2D eigenvalue weighted by Gasteiger charge is 2.31. The van der Waals surface area contributed by atoms with Gasteiger partial charge in [0.2, 0.25) is 0 Å². The second-order valence-corrected chi connectivity index (χ2v) is 6.16. The normalized spacial score (nSPS) is 14.7. The molecule has 0 fully saturated rings. The number of hydrogen-bond donors (Lipinski definition) is 0. The van der Waals surface area contributed by atoms with Crippen molar-refractivity contribution in [1.29, 1.82) is 0 Å². The number of carbonyl (C=O) groups is 1. The van der Waals surface area contributed by atoms with Crippen LogP contribution in [0.25, 0.3) is 5.65 Å². The Hall–Kier alpha value is -2.11. The Morgan fingerprint density at radius 3 is 2.80 bits per heavy atom. The Labute approximate surface area is 117 Å². The van der Waals surface area contributed by atoms with Gasteiger partial charge in [0.15, 0.2) is 5.65 Å². The van der Waals surface area contributed by atoms with Crippen LogP contribution in [0, 0.1) is 6.92 Å². The molecule has 0 unspecified atom stereocenters. The van der Waals surface area contributed by atoms with Gasteiger partial charge >= 0.3 is 6.09 Å². The zero-order valence-corrected chi connectivity index (χ0v) is 12.2. The van der Waals surface area contributed by atoms with Gasteiger partial charge in [-0.3, -0.25) is 4.90 Å². The Balaban J connectivity index is 1.85. The van der Waals surface area contributed by atoms with E-state index in [1.165, 1.54) is 0 Å². The van der Waals surface area contributed by atoms with Crippen LogP contribution in [0.5, 0.6) is 0 Å². The van der Waals surface area contributed by atoms with E-state index in [9.17, 15) is 4.79 Å².